The van der Waals surface area contributed by atoms with Crippen LogP contribution in [0.5, 0.6) is 0 Å². The number of hydrogen-bond acceptors (Lipinski definition) is 2. The van der Waals surface area contributed by atoms with Crippen LogP contribution in [0.25, 0.3) is 0 Å². The van der Waals surface area contributed by atoms with Gasteiger partial charge >= 0.3 is 0 Å². The predicted octanol–water partition coefficient (Wildman–Crippen LogP) is 2.80. The summed E-state index contributed by atoms with van der Waals surface area (Å²) in [6, 6.07) is 0.623. The van der Waals surface area contributed by atoms with E-state index in [9.17, 15) is 4.79 Å². The standard InChI is InChI=1S/C16H30N2O/c1-13-7-6-8-15(14(13)2)17-10-9-16(19)18-11-4-3-5-12-18/h13-15,17H,3-12H2,1-2H3. The molecule has 3 unspecified atom stereocenters. The second-order valence-electron chi connectivity index (χ2n) is 6.52. The number of hydrogen-bond donors (Lipinski definition) is 1. The molecule has 1 heterocycles. The van der Waals surface area contributed by atoms with Gasteiger partial charge in [0, 0.05) is 32.1 Å². The van der Waals surface area contributed by atoms with E-state index in [-0.39, 0.29) is 0 Å². The van der Waals surface area contributed by atoms with Gasteiger partial charge < -0.3 is 10.2 Å². The molecule has 1 saturated heterocycles. The first kappa shape index (κ1) is 14.8. The fourth-order valence-electron chi connectivity index (χ4n) is 3.54. The number of amides is 1. The first-order valence-corrected chi connectivity index (χ1v) is 8.19. The van der Waals surface area contributed by atoms with E-state index in [4.69, 9.17) is 0 Å². The fraction of sp³-hybridized carbons (Fsp3) is 0.938. The zero-order chi connectivity index (χ0) is 13.7. The summed E-state index contributed by atoms with van der Waals surface area (Å²) in [5.41, 5.74) is 0. The Balaban J connectivity index is 1.66. The number of carbonyl (C=O) groups is 1. The van der Waals surface area contributed by atoms with Gasteiger partial charge in [0.05, 0.1) is 0 Å². The van der Waals surface area contributed by atoms with Crippen molar-refractivity contribution in [2.75, 3.05) is 19.6 Å². The lowest BCUT2D eigenvalue weighted by Crippen LogP contribution is -2.43. The van der Waals surface area contributed by atoms with Crippen LogP contribution in [0.15, 0.2) is 0 Å². The lowest BCUT2D eigenvalue weighted by molar-refractivity contribution is -0.132. The second-order valence-corrected chi connectivity index (χ2v) is 6.52. The van der Waals surface area contributed by atoms with Crippen LogP contribution in [0.4, 0.5) is 0 Å². The summed E-state index contributed by atoms with van der Waals surface area (Å²) in [6.07, 6.45) is 8.34. The molecule has 1 saturated carbocycles. The Morgan fingerprint density at radius 1 is 1.11 bits per heavy atom. The third-order valence-corrected chi connectivity index (χ3v) is 5.16. The number of piperidine rings is 1. The zero-order valence-electron chi connectivity index (χ0n) is 12.7. The number of nitrogens with one attached hydrogen (secondary N) is 1. The van der Waals surface area contributed by atoms with Gasteiger partial charge in [0.15, 0.2) is 0 Å². The SMILES string of the molecule is CC1CCCC(NCCC(=O)N2CCCCC2)C1C. The molecule has 0 radical (unpaired) electrons. The average molecular weight is 266 g/mol. The maximum Gasteiger partial charge on any atom is 0.223 e. The average Bonchev–Trinajstić information content (AvgIpc) is 2.44. The highest BCUT2D eigenvalue weighted by atomic mass is 16.2. The third kappa shape index (κ3) is 4.20. The van der Waals surface area contributed by atoms with Crippen molar-refractivity contribution in [1.82, 2.24) is 10.2 Å². The highest BCUT2D eigenvalue weighted by Crippen LogP contribution is 2.29. The normalized spacial score (nSPS) is 32.3. The minimum Gasteiger partial charge on any atom is -0.343 e. The van der Waals surface area contributed by atoms with Gasteiger partial charge in [-0.2, -0.15) is 0 Å². The highest BCUT2D eigenvalue weighted by molar-refractivity contribution is 5.76. The quantitative estimate of drug-likeness (QED) is 0.848. The maximum absolute atomic E-state index is 12.1. The molecule has 1 aliphatic heterocycles. The Morgan fingerprint density at radius 3 is 2.58 bits per heavy atom. The summed E-state index contributed by atoms with van der Waals surface area (Å²) < 4.78 is 0. The fourth-order valence-corrected chi connectivity index (χ4v) is 3.54. The molecular weight excluding hydrogens is 236 g/mol. The Hall–Kier alpha value is -0.570. The maximum atomic E-state index is 12.1. The Bertz CT molecular complexity index is 286. The van der Waals surface area contributed by atoms with Crippen LogP contribution in [0.2, 0.25) is 0 Å². The molecule has 1 aliphatic carbocycles. The Kier molecular flexibility index (Phi) is 5.68. The van der Waals surface area contributed by atoms with Crippen molar-refractivity contribution in [2.45, 2.75) is 64.8 Å². The molecule has 0 aromatic carbocycles. The van der Waals surface area contributed by atoms with Gasteiger partial charge in [-0.25, -0.2) is 0 Å². The molecule has 0 aromatic heterocycles. The number of carbonyl (C=O) groups excluding carboxylic acids is 1. The van der Waals surface area contributed by atoms with Crippen LogP contribution in [0.1, 0.15) is 58.8 Å². The van der Waals surface area contributed by atoms with Gasteiger partial charge in [-0.1, -0.05) is 26.7 Å². The van der Waals surface area contributed by atoms with Gasteiger partial charge in [0.25, 0.3) is 0 Å². The molecule has 19 heavy (non-hydrogen) atoms. The van der Waals surface area contributed by atoms with E-state index in [1.54, 1.807) is 0 Å². The Labute approximate surface area is 118 Å². The molecule has 3 nitrogen and oxygen atoms in total. The van der Waals surface area contributed by atoms with E-state index >= 15 is 0 Å². The first-order valence-electron chi connectivity index (χ1n) is 8.19. The van der Waals surface area contributed by atoms with Gasteiger partial charge in [0.1, 0.15) is 0 Å². The number of likely N-dealkylation sites (tertiary alicyclic amines) is 1. The molecular formula is C16H30N2O. The zero-order valence-corrected chi connectivity index (χ0v) is 12.7. The molecule has 2 aliphatic rings. The third-order valence-electron chi connectivity index (χ3n) is 5.16. The van der Waals surface area contributed by atoms with Crippen LogP contribution in [-0.4, -0.2) is 36.5 Å². The molecule has 0 bridgehead atoms. The molecule has 1 N–H and O–H groups in total. The molecule has 2 rings (SSSR count). The van der Waals surface area contributed by atoms with Crippen molar-refractivity contribution in [2.24, 2.45) is 11.8 Å². The van der Waals surface area contributed by atoms with Crippen molar-refractivity contribution >= 4 is 5.91 Å². The van der Waals surface area contributed by atoms with Crippen molar-refractivity contribution in [3.8, 4) is 0 Å². The Morgan fingerprint density at radius 2 is 1.84 bits per heavy atom. The van der Waals surface area contributed by atoms with Crippen molar-refractivity contribution < 1.29 is 4.79 Å². The molecule has 110 valence electrons. The molecule has 1 amide bonds. The summed E-state index contributed by atoms with van der Waals surface area (Å²) in [6.45, 7) is 7.54. The lowest BCUT2D eigenvalue weighted by atomic mass is 9.78. The topological polar surface area (TPSA) is 32.3 Å². The number of rotatable bonds is 4. The summed E-state index contributed by atoms with van der Waals surface area (Å²) in [7, 11) is 0. The summed E-state index contributed by atoms with van der Waals surface area (Å²) in [4.78, 5) is 14.1. The van der Waals surface area contributed by atoms with E-state index in [0.717, 1.165) is 31.5 Å². The van der Waals surface area contributed by atoms with Crippen LogP contribution >= 0.6 is 0 Å². The summed E-state index contributed by atoms with van der Waals surface area (Å²) in [5, 5.41) is 3.62. The molecule has 3 heteroatoms. The van der Waals surface area contributed by atoms with Gasteiger partial charge in [-0.3, -0.25) is 4.79 Å². The molecule has 3 atom stereocenters. The van der Waals surface area contributed by atoms with E-state index in [2.05, 4.69) is 24.1 Å². The van der Waals surface area contributed by atoms with E-state index < -0.39 is 0 Å². The highest BCUT2D eigenvalue weighted by Gasteiger charge is 2.26. The molecule has 0 aromatic rings. The van der Waals surface area contributed by atoms with Crippen molar-refractivity contribution in [3.05, 3.63) is 0 Å². The minimum absolute atomic E-state index is 0.351. The largest absolute Gasteiger partial charge is 0.343 e. The van der Waals surface area contributed by atoms with Gasteiger partial charge in [-0.05, 0) is 37.5 Å². The van der Waals surface area contributed by atoms with Gasteiger partial charge in [-0.15, -0.1) is 0 Å². The summed E-state index contributed by atoms with van der Waals surface area (Å²) >= 11 is 0. The van der Waals surface area contributed by atoms with E-state index in [1.807, 2.05) is 0 Å². The van der Waals surface area contributed by atoms with Gasteiger partial charge in [0.2, 0.25) is 5.91 Å². The second kappa shape index (κ2) is 7.28. The van der Waals surface area contributed by atoms with Crippen LogP contribution in [-0.2, 0) is 4.79 Å². The predicted molar refractivity (Wildman–Crippen MR) is 79.0 cm³/mol. The van der Waals surface area contributed by atoms with Crippen molar-refractivity contribution in [3.63, 3.8) is 0 Å². The van der Waals surface area contributed by atoms with Crippen LogP contribution in [0.3, 0.4) is 0 Å². The smallest absolute Gasteiger partial charge is 0.223 e. The van der Waals surface area contributed by atoms with Crippen LogP contribution in [0, 0.1) is 11.8 Å². The monoisotopic (exact) mass is 266 g/mol. The van der Waals surface area contributed by atoms with Crippen LogP contribution < -0.4 is 5.32 Å². The first-order chi connectivity index (χ1) is 9.18. The summed E-state index contributed by atoms with van der Waals surface area (Å²) in [5.74, 6) is 1.92. The van der Waals surface area contributed by atoms with E-state index in [1.165, 1.54) is 38.5 Å². The molecule has 0 spiro atoms. The van der Waals surface area contributed by atoms with Crippen molar-refractivity contribution in [1.29, 1.82) is 0 Å². The molecule has 2 fully saturated rings. The number of nitrogens with zero attached hydrogens (tertiary/aromatic N) is 1. The minimum atomic E-state index is 0.351. The van der Waals surface area contributed by atoms with E-state index in [0.29, 0.717) is 18.4 Å². The lowest BCUT2D eigenvalue weighted by Gasteiger charge is -2.35.